The van der Waals surface area contributed by atoms with E-state index >= 15 is 0 Å². The predicted molar refractivity (Wildman–Crippen MR) is 58.7 cm³/mol. The minimum absolute atomic E-state index is 0.567. The lowest BCUT2D eigenvalue weighted by molar-refractivity contribution is 0.335. The van der Waals surface area contributed by atoms with Crippen LogP contribution in [-0.2, 0) is 0 Å². The summed E-state index contributed by atoms with van der Waals surface area (Å²) in [5.74, 6) is 1.62. The Morgan fingerprint density at radius 1 is 1.36 bits per heavy atom. The Bertz CT molecular complexity index is 328. The Balaban J connectivity index is 2.26. The van der Waals surface area contributed by atoms with Crippen molar-refractivity contribution in [3.63, 3.8) is 0 Å². The summed E-state index contributed by atoms with van der Waals surface area (Å²) in [4.78, 5) is 0. The first-order valence-corrected chi connectivity index (χ1v) is 5.30. The van der Waals surface area contributed by atoms with Crippen molar-refractivity contribution in [3.05, 3.63) is 42.0 Å². The minimum atomic E-state index is 0.567. The SMILES string of the molecule is CCOc1ccccc1[C@H]1C=CCC1. The van der Waals surface area contributed by atoms with Crippen LogP contribution in [0, 0.1) is 0 Å². The largest absolute Gasteiger partial charge is 0.494 e. The van der Waals surface area contributed by atoms with Gasteiger partial charge in [0.1, 0.15) is 5.75 Å². The summed E-state index contributed by atoms with van der Waals surface area (Å²) in [5.41, 5.74) is 1.34. The second kappa shape index (κ2) is 4.32. The molecule has 0 saturated heterocycles. The molecule has 1 aromatic rings. The standard InChI is InChI=1S/C13H16O/c1-2-14-13-10-6-5-9-12(13)11-7-3-4-8-11/h3,5-7,9-11H,2,4,8H2,1H3/t11-/m0/s1. The maximum atomic E-state index is 5.62. The van der Waals surface area contributed by atoms with E-state index in [0.717, 1.165) is 12.4 Å². The molecule has 2 rings (SSSR count). The number of benzene rings is 1. The summed E-state index contributed by atoms with van der Waals surface area (Å²) >= 11 is 0. The smallest absolute Gasteiger partial charge is 0.123 e. The van der Waals surface area contributed by atoms with Gasteiger partial charge in [-0.3, -0.25) is 0 Å². The van der Waals surface area contributed by atoms with Crippen molar-refractivity contribution < 1.29 is 4.74 Å². The van der Waals surface area contributed by atoms with E-state index in [0.29, 0.717) is 5.92 Å². The highest BCUT2D eigenvalue weighted by Gasteiger charge is 2.15. The molecule has 1 aliphatic carbocycles. The Hall–Kier alpha value is -1.24. The van der Waals surface area contributed by atoms with Crippen LogP contribution in [0.4, 0.5) is 0 Å². The van der Waals surface area contributed by atoms with Crippen LogP contribution in [0.25, 0.3) is 0 Å². The lowest BCUT2D eigenvalue weighted by atomic mass is 9.98. The Kier molecular flexibility index (Phi) is 2.87. The number of hydrogen-bond acceptors (Lipinski definition) is 1. The van der Waals surface area contributed by atoms with Crippen LogP contribution in [0.1, 0.15) is 31.2 Å². The van der Waals surface area contributed by atoms with Crippen LogP contribution in [0.15, 0.2) is 36.4 Å². The first-order valence-electron chi connectivity index (χ1n) is 5.30. The maximum absolute atomic E-state index is 5.62. The molecule has 1 atom stereocenters. The highest BCUT2D eigenvalue weighted by Crippen LogP contribution is 2.34. The highest BCUT2D eigenvalue weighted by molar-refractivity contribution is 5.39. The quantitative estimate of drug-likeness (QED) is 0.659. The van der Waals surface area contributed by atoms with Crippen LogP contribution in [-0.4, -0.2) is 6.61 Å². The number of ether oxygens (including phenoxy) is 1. The lowest BCUT2D eigenvalue weighted by Gasteiger charge is -2.13. The first kappa shape index (κ1) is 9.32. The van der Waals surface area contributed by atoms with E-state index in [-0.39, 0.29) is 0 Å². The van der Waals surface area contributed by atoms with Gasteiger partial charge in [0.25, 0.3) is 0 Å². The highest BCUT2D eigenvalue weighted by atomic mass is 16.5. The van der Waals surface area contributed by atoms with E-state index in [4.69, 9.17) is 4.74 Å². The van der Waals surface area contributed by atoms with Gasteiger partial charge in [0.2, 0.25) is 0 Å². The molecule has 0 heterocycles. The molecule has 0 aromatic heterocycles. The summed E-state index contributed by atoms with van der Waals surface area (Å²) in [6.07, 6.45) is 6.97. The van der Waals surface area contributed by atoms with Crippen molar-refractivity contribution in [3.8, 4) is 5.75 Å². The van der Waals surface area contributed by atoms with Crippen LogP contribution >= 0.6 is 0 Å². The Morgan fingerprint density at radius 3 is 2.93 bits per heavy atom. The molecule has 0 fully saturated rings. The summed E-state index contributed by atoms with van der Waals surface area (Å²) < 4.78 is 5.62. The number of rotatable bonds is 3. The topological polar surface area (TPSA) is 9.23 Å². The molecule has 1 aromatic carbocycles. The molecule has 0 saturated carbocycles. The molecule has 0 unspecified atom stereocenters. The van der Waals surface area contributed by atoms with Gasteiger partial charge in [-0.15, -0.1) is 0 Å². The fraction of sp³-hybridized carbons (Fsp3) is 0.385. The fourth-order valence-corrected chi connectivity index (χ4v) is 1.97. The minimum Gasteiger partial charge on any atom is -0.494 e. The molecule has 0 bridgehead atoms. The van der Waals surface area contributed by atoms with Crippen molar-refractivity contribution in [2.24, 2.45) is 0 Å². The summed E-state index contributed by atoms with van der Waals surface area (Å²) in [6, 6.07) is 8.35. The number of hydrogen-bond donors (Lipinski definition) is 0. The molecule has 0 N–H and O–H groups in total. The average molecular weight is 188 g/mol. The summed E-state index contributed by atoms with van der Waals surface area (Å²) in [6.45, 7) is 2.77. The lowest BCUT2D eigenvalue weighted by Crippen LogP contribution is -1.99. The predicted octanol–water partition coefficient (Wildman–Crippen LogP) is 3.52. The van der Waals surface area contributed by atoms with Gasteiger partial charge in [-0.05, 0) is 25.8 Å². The second-order valence-electron chi connectivity index (χ2n) is 3.58. The third-order valence-corrected chi connectivity index (χ3v) is 2.63. The maximum Gasteiger partial charge on any atom is 0.123 e. The molecular weight excluding hydrogens is 172 g/mol. The molecule has 74 valence electrons. The zero-order chi connectivity index (χ0) is 9.80. The fourth-order valence-electron chi connectivity index (χ4n) is 1.97. The molecule has 0 amide bonds. The number of para-hydroxylation sites is 1. The zero-order valence-corrected chi connectivity index (χ0v) is 8.57. The Morgan fingerprint density at radius 2 is 2.21 bits per heavy atom. The monoisotopic (exact) mass is 188 g/mol. The van der Waals surface area contributed by atoms with Crippen molar-refractivity contribution >= 4 is 0 Å². The van der Waals surface area contributed by atoms with E-state index in [1.54, 1.807) is 0 Å². The third-order valence-electron chi connectivity index (χ3n) is 2.63. The van der Waals surface area contributed by atoms with Crippen molar-refractivity contribution in [1.29, 1.82) is 0 Å². The van der Waals surface area contributed by atoms with Crippen LogP contribution < -0.4 is 4.74 Å². The molecule has 14 heavy (non-hydrogen) atoms. The molecular formula is C13H16O. The molecule has 0 aliphatic heterocycles. The Labute approximate surface area is 85.4 Å². The van der Waals surface area contributed by atoms with E-state index in [1.807, 2.05) is 13.0 Å². The zero-order valence-electron chi connectivity index (χ0n) is 8.57. The van der Waals surface area contributed by atoms with Crippen LogP contribution in [0.5, 0.6) is 5.75 Å². The molecule has 0 spiro atoms. The van der Waals surface area contributed by atoms with Gasteiger partial charge < -0.3 is 4.74 Å². The van der Waals surface area contributed by atoms with Crippen LogP contribution in [0.3, 0.4) is 0 Å². The molecule has 1 heteroatoms. The van der Waals surface area contributed by atoms with E-state index < -0.39 is 0 Å². The second-order valence-corrected chi connectivity index (χ2v) is 3.58. The summed E-state index contributed by atoms with van der Waals surface area (Å²) in [7, 11) is 0. The van der Waals surface area contributed by atoms with Gasteiger partial charge in [-0.25, -0.2) is 0 Å². The normalized spacial score (nSPS) is 19.9. The molecule has 1 aliphatic rings. The van der Waals surface area contributed by atoms with Gasteiger partial charge >= 0.3 is 0 Å². The van der Waals surface area contributed by atoms with Crippen molar-refractivity contribution in [1.82, 2.24) is 0 Å². The molecule has 1 nitrogen and oxygen atoms in total. The number of allylic oxidation sites excluding steroid dienone is 2. The molecule has 0 radical (unpaired) electrons. The van der Waals surface area contributed by atoms with E-state index in [1.165, 1.54) is 18.4 Å². The van der Waals surface area contributed by atoms with Gasteiger partial charge in [0.05, 0.1) is 6.61 Å². The first-order chi connectivity index (χ1) is 6.92. The van der Waals surface area contributed by atoms with Gasteiger partial charge in [-0.1, -0.05) is 30.4 Å². The van der Waals surface area contributed by atoms with E-state index in [9.17, 15) is 0 Å². The summed E-state index contributed by atoms with van der Waals surface area (Å²) in [5, 5.41) is 0. The van der Waals surface area contributed by atoms with Crippen LogP contribution in [0.2, 0.25) is 0 Å². The van der Waals surface area contributed by atoms with Gasteiger partial charge in [0.15, 0.2) is 0 Å². The van der Waals surface area contributed by atoms with E-state index in [2.05, 4.69) is 30.4 Å². The average Bonchev–Trinajstić information content (AvgIpc) is 2.72. The third kappa shape index (κ3) is 1.82. The van der Waals surface area contributed by atoms with Gasteiger partial charge in [-0.2, -0.15) is 0 Å². The van der Waals surface area contributed by atoms with Crippen molar-refractivity contribution in [2.75, 3.05) is 6.61 Å². The van der Waals surface area contributed by atoms with Gasteiger partial charge in [0, 0.05) is 11.5 Å². The van der Waals surface area contributed by atoms with Crippen molar-refractivity contribution in [2.45, 2.75) is 25.7 Å².